The Kier molecular flexibility index (Phi) is 5.48. The van der Waals surface area contributed by atoms with E-state index in [4.69, 9.17) is 10.5 Å². The minimum atomic E-state index is 0.141. The van der Waals surface area contributed by atoms with Crippen LogP contribution in [0.15, 0.2) is 29.6 Å². The maximum Gasteiger partial charge on any atom is 0.228 e. The van der Waals surface area contributed by atoms with Crippen LogP contribution in [0, 0.1) is 12.8 Å². The minimum absolute atomic E-state index is 0.141. The number of amides is 1. The molecule has 1 aromatic heterocycles. The van der Waals surface area contributed by atoms with Crippen molar-refractivity contribution in [1.82, 2.24) is 9.88 Å². The molecule has 1 fully saturated rings. The van der Waals surface area contributed by atoms with E-state index in [0.29, 0.717) is 25.5 Å². The van der Waals surface area contributed by atoms with Gasteiger partial charge in [0.05, 0.1) is 12.1 Å². The van der Waals surface area contributed by atoms with Gasteiger partial charge in [0.1, 0.15) is 17.4 Å². The van der Waals surface area contributed by atoms with Crippen molar-refractivity contribution in [2.24, 2.45) is 11.7 Å². The van der Waals surface area contributed by atoms with Gasteiger partial charge in [-0.3, -0.25) is 4.79 Å². The van der Waals surface area contributed by atoms with Crippen molar-refractivity contribution in [3.63, 3.8) is 0 Å². The molecule has 0 spiro atoms. The molecule has 0 aliphatic carbocycles. The fourth-order valence-electron chi connectivity index (χ4n) is 2.79. The topological polar surface area (TPSA) is 68.5 Å². The monoisotopic (exact) mass is 345 g/mol. The number of carbonyl (C=O) groups excluding carboxylic acids is 1. The molecule has 3 rings (SSSR count). The molecule has 2 aromatic rings. The van der Waals surface area contributed by atoms with Crippen LogP contribution in [0.2, 0.25) is 0 Å². The van der Waals surface area contributed by atoms with Gasteiger partial charge in [-0.2, -0.15) is 0 Å². The van der Waals surface area contributed by atoms with Crippen molar-refractivity contribution in [1.29, 1.82) is 0 Å². The van der Waals surface area contributed by atoms with Crippen LogP contribution in [-0.2, 0) is 17.8 Å². The number of nitrogens with two attached hydrogens (primary N) is 1. The number of rotatable bonds is 6. The van der Waals surface area contributed by atoms with Crippen molar-refractivity contribution in [2.45, 2.75) is 26.4 Å². The lowest BCUT2D eigenvalue weighted by Crippen LogP contribution is -2.31. The maximum absolute atomic E-state index is 12.3. The average Bonchev–Trinajstić information content (AvgIpc) is 3.23. The highest BCUT2D eigenvalue weighted by molar-refractivity contribution is 7.09. The Bertz CT molecular complexity index is 684. The smallest absolute Gasteiger partial charge is 0.228 e. The zero-order chi connectivity index (χ0) is 16.9. The Hall–Kier alpha value is -1.92. The molecule has 0 radical (unpaired) electrons. The van der Waals surface area contributed by atoms with Crippen molar-refractivity contribution >= 4 is 17.2 Å². The molecular formula is C18H23N3O2S. The van der Waals surface area contributed by atoms with Gasteiger partial charge in [-0.1, -0.05) is 17.7 Å². The molecule has 0 saturated carbocycles. The van der Waals surface area contributed by atoms with E-state index in [2.05, 4.69) is 4.98 Å². The summed E-state index contributed by atoms with van der Waals surface area (Å²) in [6.07, 6.45) is 1.37. The largest absolute Gasteiger partial charge is 0.486 e. The number of thiazole rings is 1. The summed E-state index contributed by atoms with van der Waals surface area (Å²) in [5.41, 5.74) is 7.71. The predicted molar refractivity (Wildman–Crippen MR) is 95.1 cm³/mol. The van der Waals surface area contributed by atoms with Crippen LogP contribution in [-0.4, -0.2) is 35.4 Å². The van der Waals surface area contributed by atoms with Gasteiger partial charge in [0.2, 0.25) is 5.91 Å². The Labute approximate surface area is 146 Å². The van der Waals surface area contributed by atoms with Crippen LogP contribution >= 0.6 is 11.3 Å². The number of aryl methyl sites for hydroxylation is 1. The van der Waals surface area contributed by atoms with Gasteiger partial charge < -0.3 is 15.4 Å². The van der Waals surface area contributed by atoms with Crippen molar-refractivity contribution in [3.05, 3.63) is 45.9 Å². The molecule has 2 N–H and O–H groups in total. The summed E-state index contributed by atoms with van der Waals surface area (Å²) >= 11 is 1.53. The van der Waals surface area contributed by atoms with Gasteiger partial charge in [-0.15, -0.1) is 11.3 Å². The fraction of sp³-hybridized carbons (Fsp3) is 0.444. The Morgan fingerprint density at radius 3 is 2.92 bits per heavy atom. The third-order valence-corrected chi connectivity index (χ3v) is 5.16. The lowest BCUT2D eigenvalue weighted by atomic mass is 10.1. The number of hydrogen-bond acceptors (Lipinski definition) is 5. The number of likely N-dealkylation sites (tertiary alicyclic amines) is 1. The summed E-state index contributed by atoms with van der Waals surface area (Å²) in [5.74, 6) is 1.42. The van der Waals surface area contributed by atoms with Crippen molar-refractivity contribution < 1.29 is 9.53 Å². The molecule has 128 valence electrons. The molecular weight excluding hydrogens is 322 g/mol. The first-order chi connectivity index (χ1) is 11.6. The highest BCUT2D eigenvalue weighted by atomic mass is 32.1. The summed E-state index contributed by atoms with van der Waals surface area (Å²) in [4.78, 5) is 18.7. The highest BCUT2D eigenvalue weighted by Gasteiger charge is 2.25. The minimum Gasteiger partial charge on any atom is -0.486 e. The molecule has 1 unspecified atom stereocenters. The van der Waals surface area contributed by atoms with E-state index in [1.165, 1.54) is 16.9 Å². The molecule has 1 amide bonds. The normalized spacial score (nSPS) is 17.2. The molecule has 1 atom stereocenters. The van der Waals surface area contributed by atoms with E-state index in [9.17, 15) is 4.79 Å². The maximum atomic E-state index is 12.3. The van der Waals surface area contributed by atoms with Gasteiger partial charge in [0, 0.05) is 18.5 Å². The second-order valence-corrected chi connectivity index (χ2v) is 7.18. The third kappa shape index (κ3) is 4.33. The van der Waals surface area contributed by atoms with E-state index in [0.717, 1.165) is 36.0 Å². The van der Waals surface area contributed by atoms with Crippen LogP contribution in [0.5, 0.6) is 5.75 Å². The van der Waals surface area contributed by atoms with Crippen molar-refractivity contribution in [3.8, 4) is 5.75 Å². The zero-order valence-electron chi connectivity index (χ0n) is 13.9. The van der Waals surface area contributed by atoms with Crippen LogP contribution in [0.3, 0.4) is 0 Å². The number of ether oxygens (including phenoxy) is 1. The molecule has 1 aromatic carbocycles. The summed E-state index contributed by atoms with van der Waals surface area (Å²) in [6, 6.07) is 7.95. The first-order valence-electron chi connectivity index (χ1n) is 8.24. The lowest BCUT2D eigenvalue weighted by molar-refractivity contribution is -0.129. The Balaban J connectivity index is 1.50. The van der Waals surface area contributed by atoms with Gasteiger partial charge in [-0.25, -0.2) is 4.98 Å². The Morgan fingerprint density at radius 2 is 2.21 bits per heavy atom. The molecule has 1 aliphatic rings. The summed E-state index contributed by atoms with van der Waals surface area (Å²) < 4.78 is 5.73. The number of carbonyl (C=O) groups is 1. The quantitative estimate of drug-likeness (QED) is 0.873. The lowest BCUT2D eigenvalue weighted by Gasteiger charge is -2.15. The summed E-state index contributed by atoms with van der Waals surface area (Å²) in [6.45, 7) is 4.73. The second kappa shape index (κ2) is 7.77. The molecule has 6 heteroatoms. The zero-order valence-corrected chi connectivity index (χ0v) is 14.7. The molecule has 24 heavy (non-hydrogen) atoms. The molecule has 1 saturated heterocycles. The van der Waals surface area contributed by atoms with E-state index >= 15 is 0 Å². The predicted octanol–water partition coefficient (Wildman–Crippen LogP) is 2.38. The van der Waals surface area contributed by atoms with E-state index in [1.54, 1.807) is 0 Å². The van der Waals surface area contributed by atoms with Crippen LogP contribution in [0.25, 0.3) is 0 Å². The Morgan fingerprint density at radius 1 is 1.42 bits per heavy atom. The van der Waals surface area contributed by atoms with E-state index in [-0.39, 0.29) is 5.91 Å². The molecule has 1 aliphatic heterocycles. The van der Waals surface area contributed by atoms with Gasteiger partial charge in [-0.05, 0) is 37.9 Å². The second-order valence-electron chi connectivity index (χ2n) is 6.24. The molecule has 0 bridgehead atoms. The third-order valence-electron chi connectivity index (χ3n) is 4.29. The molecule has 5 nitrogen and oxygen atoms in total. The summed E-state index contributed by atoms with van der Waals surface area (Å²) in [5, 5.41) is 2.84. The van der Waals surface area contributed by atoms with Gasteiger partial charge >= 0.3 is 0 Å². The first-order valence-corrected chi connectivity index (χ1v) is 9.12. The molecule has 2 heterocycles. The van der Waals surface area contributed by atoms with Crippen LogP contribution < -0.4 is 10.5 Å². The highest BCUT2D eigenvalue weighted by Crippen LogP contribution is 2.19. The first kappa shape index (κ1) is 16.9. The number of aromatic nitrogens is 1. The van der Waals surface area contributed by atoms with Crippen molar-refractivity contribution in [2.75, 3.05) is 19.6 Å². The number of nitrogens with zero attached hydrogens (tertiary/aromatic N) is 2. The number of benzene rings is 1. The van der Waals surface area contributed by atoms with E-state index < -0.39 is 0 Å². The SMILES string of the molecule is Cc1ccc(OCc2nc(CC(=O)N3CCC(CN)C3)cs2)cc1. The fourth-order valence-corrected chi connectivity index (χ4v) is 3.50. The van der Waals surface area contributed by atoms with Gasteiger partial charge in [0.25, 0.3) is 0 Å². The van der Waals surface area contributed by atoms with Gasteiger partial charge in [0.15, 0.2) is 0 Å². The standard InChI is InChI=1S/C18H23N3O2S/c1-13-2-4-16(5-3-13)23-11-17-20-15(12-24-17)8-18(22)21-7-6-14(9-19)10-21/h2-5,12,14H,6-11,19H2,1H3. The van der Waals surface area contributed by atoms with Crippen LogP contribution in [0.1, 0.15) is 22.7 Å². The average molecular weight is 345 g/mol. The van der Waals surface area contributed by atoms with E-state index in [1.807, 2.05) is 41.5 Å². The number of hydrogen-bond donors (Lipinski definition) is 1. The van der Waals surface area contributed by atoms with Crippen LogP contribution in [0.4, 0.5) is 0 Å². The summed E-state index contributed by atoms with van der Waals surface area (Å²) in [7, 11) is 0.